The second-order valence-corrected chi connectivity index (χ2v) is 13.8. The van der Waals surface area contributed by atoms with Crippen LogP contribution in [0.2, 0.25) is 5.82 Å². The Labute approximate surface area is 269 Å². The van der Waals surface area contributed by atoms with E-state index < -0.39 is 53.1 Å². The maximum Gasteiger partial charge on any atom is 0.408 e. The van der Waals surface area contributed by atoms with Crippen molar-refractivity contribution in [2.45, 2.75) is 109 Å². The molecule has 1 amide bonds. The topological polar surface area (TPSA) is 107 Å². The molecule has 1 aromatic carbocycles. The predicted octanol–water partition coefficient (Wildman–Crippen LogP) is 5.29. The standard InChI is InChI=1S/C35H50BN3O6/c1-9-28-35(7)31(38-33(42)45-35)24(5)39(8)20-21(2)18-34(6,30(36)22(3)29(40)23(4)32(41)44-28)43-16-12-13-25-17-26-14-10-11-15-27(26)37-19-25/h10-11,14-15,17,19,21-24,28,30-31H,9,12-13,16,18,20H2,1-8H3,(H,38,42)/t21-,22+,23-,24-,28-,30-,31-,34-,35-/m1/s1. The van der Waals surface area contributed by atoms with Gasteiger partial charge in [-0.15, -0.1) is 0 Å². The fraction of sp³-hybridized carbons (Fsp3) is 0.657. The van der Waals surface area contributed by atoms with Gasteiger partial charge in [0.05, 0.1) is 25.0 Å². The number of ether oxygens (including phenoxy) is 3. The van der Waals surface area contributed by atoms with Gasteiger partial charge in [-0.25, -0.2) is 4.79 Å². The number of aryl methyl sites for hydroxylation is 1. The van der Waals surface area contributed by atoms with Crippen molar-refractivity contribution >= 4 is 36.6 Å². The number of alkyl carbamates (subject to hydrolysis) is 1. The zero-order chi connectivity index (χ0) is 33.1. The predicted molar refractivity (Wildman–Crippen MR) is 175 cm³/mol. The Kier molecular flexibility index (Phi) is 11.0. The third kappa shape index (κ3) is 7.54. The van der Waals surface area contributed by atoms with Crippen molar-refractivity contribution in [1.29, 1.82) is 0 Å². The number of para-hydroxylation sites is 1. The molecule has 4 rings (SSSR count). The first kappa shape index (κ1) is 34.9. The van der Waals surface area contributed by atoms with Crippen LogP contribution in [0.15, 0.2) is 36.5 Å². The lowest BCUT2D eigenvalue weighted by atomic mass is 9.62. The summed E-state index contributed by atoms with van der Waals surface area (Å²) in [6.45, 7) is 14.3. The number of esters is 1. The lowest BCUT2D eigenvalue weighted by Crippen LogP contribution is -2.60. The number of benzene rings is 1. The van der Waals surface area contributed by atoms with E-state index in [9.17, 15) is 14.4 Å². The van der Waals surface area contributed by atoms with Gasteiger partial charge >= 0.3 is 12.1 Å². The average molecular weight is 620 g/mol. The van der Waals surface area contributed by atoms with Crippen LogP contribution >= 0.6 is 0 Å². The number of Topliss-reactive ketones (excluding diaryl/α,β-unsaturated/α-hetero) is 1. The molecule has 2 saturated heterocycles. The lowest BCUT2D eigenvalue weighted by molar-refractivity contribution is -0.170. The minimum atomic E-state index is -1.11. The number of carbonyl (C=O) groups is 3. The van der Waals surface area contributed by atoms with Crippen molar-refractivity contribution in [3.05, 3.63) is 42.1 Å². The van der Waals surface area contributed by atoms with E-state index in [2.05, 4.69) is 34.3 Å². The molecule has 2 fully saturated rings. The van der Waals surface area contributed by atoms with Gasteiger partial charge in [-0.2, -0.15) is 0 Å². The molecule has 1 N–H and O–H groups in total. The number of nitrogens with zero attached hydrogens (tertiary/aromatic N) is 2. The number of hydrogen-bond donors (Lipinski definition) is 1. The fourth-order valence-corrected chi connectivity index (χ4v) is 7.29. The molecule has 0 aliphatic carbocycles. The Bertz CT molecular complexity index is 1370. The maximum absolute atomic E-state index is 13.7. The zero-order valence-electron chi connectivity index (χ0n) is 28.2. The summed E-state index contributed by atoms with van der Waals surface area (Å²) < 4.78 is 18.3. The molecule has 0 spiro atoms. The lowest BCUT2D eigenvalue weighted by Gasteiger charge is -2.43. The smallest absolute Gasteiger partial charge is 0.408 e. The number of pyridine rings is 1. The van der Waals surface area contributed by atoms with Gasteiger partial charge in [0.25, 0.3) is 0 Å². The fourth-order valence-electron chi connectivity index (χ4n) is 7.29. The molecule has 9 nitrogen and oxygen atoms in total. The van der Waals surface area contributed by atoms with E-state index in [1.165, 1.54) is 0 Å². The van der Waals surface area contributed by atoms with Crippen LogP contribution in [0.1, 0.15) is 73.3 Å². The van der Waals surface area contributed by atoms with Crippen LogP contribution in [-0.2, 0) is 30.2 Å². The first-order chi connectivity index (χ1) is 21.2. The first-order valence-electron chi connectivity index (χ1n) is 16.4. The summed E-state index contributed by atoms with van der Waals surface area (Å²) in [5.74, 6) is -3.17. The van der Waals surface area contributed by atoms with E-state index >= 15 is 0 Å². The van der Waals surface area contributed by atoms with E-state index in [0.717, 1.165) is 29.3 Å². The molecule has 45 heavy (non-hydrogen) atoms. The number of aromatic nitrogens is 1. The van der Waals surface area contributed by atoms with Crippen LogP contribution in [0.5, 0.6) is 0 Å². The molecule has 10 heteroatoms. The van der Waals surface area contributed by atoms with Crippen LogP contribution in [-0.4, -0.2) is 85.2 Å². The Morgan fingerprint density at radius 3 is 2.56 bits per heavy atom. The van der Waals surface area contributed by atoms with Crippen LogP contribution < -0.4 is 5.32 Å². The SMILES string of the molecule is [B][C@@H]1[C@@H](C)C(=O)[C@@H](C)C(=O)O[C@H](CC)[C@@]2(C)OC(=O)N[C@@H]2[C@@H](C)N(C)C[C@H](C)C[C@@]1(C)OCCCc1cnc2ccccc2c1. The highest BCUT2D eigenvalue weighted by molar-refractivity contribution is 6.15. The number of fused-ring (bicyclic) bond motifs is 2. The number of nitrogens with one attached hydrogen (secondary N) is 1. The highest BCUT2D eigenvalue weighted by Crippen LogP contribution is 2.40. The second kappa shape index (κ2) is 14.2. The van der Waals surface area contributed by atoms with Gasteiger partial charge in [-0.05, 0) is 89.9 Å². The average Bonchev–Trinajstić information content (AvgIpc) is 3.33. The Morgan fingerprint density at radius 1 is 1.13 bits per heavy atom. The third-order valence-corrected chi connectivity index (χ3v) is 10.2. The summed E-state index contributed by atoms with van der Waals surface area (Å²) in [5, 5.41) is 4.07. The molecule has 0 unspecified atom stereocenters. The van der Waals surface area contributed by atoms with Crippen molar-refractivity contribution in [2.75, 3.05) is 20.2 Å². The summed E-state index contributed by atoms with van der Waals surface area (Å²) in [6, 6.07) is 9.63. The third-order valence-electron chi connectivity index (χ3n) is 10.2. The molecule has 2 aromatic rings. The molecule has 9 atom stereocenters. The molecule has 2 aliphatic heterocycles. The van der Waals surface area contributed by atoms with Gasteiger partial charge in [0.15, 0.2) is 5.60 Å². The number of amides is 1. The highest BCUT2D eigenvalue weighted by atomic mass is 16.6. The number of cyclic esters (lactones) is 1. The van der Waals surface area contributed by atoms with E-state index in [4.69, 9.17) is 22.1 Å². The maximum atomic E-state index is 13.7. The monoisotopic (exact) mass is 619 g/mol. The normalized spacial score (nSPS) is 35.6. The van der Waals surface area contributed by atoms with E-state index in [0.29, 0.717) is 26.0 Å². The van der Waals surface area contributed by atoms with Crippen molar-refractivity contribution in [3.8, 4) is 0 Å². The molecule has 3 heterocycles. The largest absolute Gasteiger partial charge is 0.458 e. The molecule has 2 radical (unpaired) electrons. The number of likely N-dealkylation sites (N-methyl/N-ethyl adjacent to an activating group) is 1. The van der Waals surface area contributed by atoms with Crippen LogP contribution in [0, 0.1) is 17.8 Å². The summed E-state index contributed by atoms with van der Waals surface area (Å²) in [5.41, 5.74) is 0.152. The minimum absolute atomic E-state index is 0.132. The van der Waals surface area contributed by atoms with Crippen LogP contribution in [0.3, 0.4) is 0 Å². The number of ketones is 1. The van der Waals surface area contributed by atoms with Gasteiger partial charge in [0.1, 0.15) is 17.8 Å². The highest BCUT2D eigenvalue weighted by Gasteiger charge is 2.55. The molecule has 2 aliphatic rings. The molecule has 1 aromatic heterocycles. The number of carbonyl (C=O) groups excluding carboxylic acids is 3. The quantitative estimate of drug-likeness (QED) is 0.201. The Balaban J connectivity index is 1.56. The summed E-state index contributed by atoms with van der Waals surface area (Å²) in [4.78, 5) is 46.4. The van der Waals surface area contributed by atoms with Crippen molar-refractivity contribution in [3.63, 3.8) is 0 Å². The van der Waals surface area contributed by atoms with Gasteiger partial charge in [-0.3, -0.25) is 14.6 Å². The number of hydrogen-bond acceptors (Lipinski definition) is 8. The Morgan fingerprint density at radius 2 is 1.84 bits per heavy atom. The van der Waals surface area contributed by atoms with Gasteiger partial charge < -0.3 is 24.4 Å². The van der Waals surface area contributed by atoms with E-state index in [1.807, 2.05) is 52.2 Å². The van der Waals surface area contributed by atoms with Crippen LogP contribution in [0.4, 0.5) is 4.79 Å². The molecule has 0 bridgehead atoms. The Hall–Kier alpha value is -2.98. The van der Waals surface area contributed by atoms with Crippen molar-refractivity contribution < 1.29 is 28.6 Å². The van der Waals surface area contributed by atoms with Gasteiger partial charge in [0, 0.05) is 36.7 Å². The van der Waals surface area contributed by atoms with Crippen molar-refractivity contribution in [2.24, 2.45) is 17.8 Å². The van der Waals surface area contributed by atoms with E-state index in [-0.39, 0.29) is 17.7 Å². The molecule has 244 valence electrons. The van der Waals surface area contributed by atoms with Gasteiger partial charge in [-0.1, -0.05) is 39.0 Å². The van der Waals surface area contributed by atoms with E-state index in [1.54, 1.807) is 20.8 Å². The summed E-state index contributed by atoms with van der Waals surface area (Å²) in [6.07, 6.45) is 3.19. The second-order valence-electron chi connectivity index (χ2n) is 13.8. The van der Waals surface area contributed by atoms with Crippen molar-refractivity contribution in [1.82, 2.24) is 15.2 Å². The van der Waals surface area contributed by atoms with Gasteiger partial charge in [0.2, 0.25) is 0 Å². The summed E-state index contributed by atoms with van der Waals surface area (Å²) >= 11 is 0. The summed E-state index contributed by atoms with van der Waals surface area (Å²) in [7, 11) is 8.91. The molecular weight excluding hydrogens is 569 g/mol. The van der Waals surface area contributed by atoms with Crippen LogP contribution in [0.25, 0.3) is 10.9 Å². The molecule has 0 saturated carbocycles. The molecular formula is C35H50BN3O6. The zero-order valence-corrected chi connectivity index (χ0v) is 28.2. The first-order valence-corrected chi connectivity index (χ1v) is 16.4. The number of rotatable bonds is 6. The minimum Gasteiger partial charge on any atom is -0.458 e.